The predicted octanol–water partition coefficient (Wildman–Crippen LogP) is 3.87. The summed E-state index contributed by atoms with van der Waals surface area (Å²) < 4.78 is 5.55. The van der Waals surface area contributed by atoms with Gasteiger partial charge in [-0.1, -0.05) is 6.07 Å². The molecule has 4 aromatic rings. The Morgan fingerprint density at radius 1 is 1.12 bits per heavy atom. The minimum absolute atomic E-state index is 0.0822. The Kier molecular flexibility index (Phi) is 6.32. The van der Waals surface area contributed by atoms with Crippen LogP contribution in [-0.4, -0.2) is 27.6 Å². The summed E-state index contributed by atoms with van der Waals surface area (Å²) in [7, 11) is 0. The molecule has 0 saturated heterocycles. The minimum Gasteiger partial charge on any atom is -0.508 e. The maximum Gasteiger partial charge on any atom is 0.345 e. The number of phenols is 1. The lowest BCUT2D eigenvalue weighted by Gasteiger charge is -2.09. The van der Waals surface area contributed by atoms with Crippen LogP contribution in [0.25, 0.3) is 22.5 Å². The summed E-state index contributed by atoms with van der Waals surface area (Å²) in [5.74, 6) is 0.537. The number of amides is 1. The van der Waals surface area contributed by atoms with Gasteiger partial charge < -0.3 is 20.1 Å². The van der Waals surface area contributed by atoms with Crippen molar-refractivity contribution in [1.29, 1.82) is 0 Å². The number of ether oxygens (including phenoxy) is 1. The molecule has 0 aliphatic rings. The molecule has 0 unspecified atom stereocenters. The van der Waals surface area contributed by atoms with E-state index in [1.807, 2.05) is 17.5 Å². The quantitative estimate of drug-likeness (QED) is 0.399. The predicted molar refractivity (Wildman–Crippen MR) is 124 cm³/mol. The fraction of sp³-hybridized carbons (Fsp3) is 0.125. The van der Waals surface area contributed by atoms with Gasteiger partial charge >= 0.3 is 5.69 Å². The molecule has 4 rings (SSSR count). The van der Waals surface area contributed by atoms with Gasteiger partial charge in [0.15, 0.2) is 6.61 Å². The van der Waals surface area contributed by atoms with Crippen LogP contribution >= 0.6 is 11.3 Å². The van der Waals surface area contributed by atoms with Crippen LogP contribution in [0.4, 0.5) is 0 Å². The maximum absolute atomic E-state index is 12.1. The standard InChI is InChI=1S/C24H21N3O4S/c1-15-11-17(6-9-22(15)28)21-12-20(26-24(30)27-21)16-4-7-18(8-5-16)31-14-23(29)25-13-19-3-2-10-32-19/h2-12,28H,13-14H2,1H3,(H,25,29)(H,26,27,30). The number of hydrogen-bond donors (Lipinski definition) is 3. The van der Waals surface area contributed by atoms with Crippen molar-refractivity contribution in [3.05, 3.63) is 87.0 Å². The molecule has 1 amide bonds. The third kappa shape index (κ3) is 5.22. The molecule has 0 atom stereocenters. The highest BCUT2D eigenvalue weighted by molar-refractivity contribution is 7.09. The van der Waals surface area contributed by atoms with Crippen LogP contribution in [0.3, 0.4) is 0 Å². The molecule has 0 bridgehead atoms. The van der Waals surface area contributed by atoms with E-state index in [1.54, 1.807) is 66.8 Å². The number of hydrogen-bond acceptors (Lipinski definition) is 6. The number of rotatable bonds is 7. The van der Waals surface area contributed by atoms with Crippen molar-refractivity contribution in [3.63, 3.8) is 0 Å². The monoisotopic (exact) mass is 447 g/mol. The Labute approximate surface area is 188 Å². The van der Waals surface area contributed by atoms with Crippen molar-refractivity contribution in [3.8, 4) is 34.0 Å². The summed E-state index contributed by atoms with van der Waals surface area (Å²) in [4.78, 5) is 31.9. The molecule has 0 fully saturated rings. The van der Waals surface area contributed by atoms with Gasteiger partial charge in [0.2, 0.25) is 0 Å². The molecule has 32 heavy (non-hydrogen) atoms. The highest BCUT2D eigenvalue weighted by Gasteiger charge is 2.09. The molecular formula is C24H21N3O4S. The molecule has 0 aliphatic carbocycles. The zero-order valence-corrected chi connectivity index (χ0v) is 18.1. The topological polar surface area (TPSA) is 104 Å². The Hall–Kier alpha value is -3.91. The zero-order chi connectivity index (χ0) is 22.5. The molecule has 2 heterocycles. The number of nitrogens with one attached hydrogen (secondary N) is 2. The average molecular weight is 448 g/mol. The summed E-state index contributed by atoms with van der Waals surface area (Å²) in [6.45, 7) is 2.19. The second kappa shape index (κ2) is 9.49. The van der Waals surface area contributed by atoms with Crippen LogP contribution in [0.15, 0.2) is 70.8 Å². The first kappa shape index (κ1) is 21.3. The van der Waals surface area contributed by atoms with E-state index < -0.39 is 5.69 Å². The first-order chi connectivity index (χ1) is 15.5. The lowest BCUT2D eigenvalue weighted by Crippen LogP contribution is -2.28. The van der Waals surface area contributed by atoms with Crippen molar-refractivity contribution in [2.24, 2.45) is 0 Å². The molecule has 0 spiro atoms. The SMILES string of the molecule is Cc1cc(-c2cc(-c3ccc(OCC(=O)NCc4cccs4)cc3)[nH]c(=O)n2)ccc1O. The number of aromatic amines is 1. The molecular weight excluding hydrogens is 426 g/mol. The van der Waals surface area contributed by atoms with Gasteiger partial charge in [0.25, 0.3) is 5.91 Å². The number of phenolic OH excluding ortho intramolecular Hbond substituents is 1. The van der Waals surface area contributed by atoms with Gasteiger partial charge in [0.05, 0.1) is 17.9 Å². The van der Waals surface area contributed by atoms with E-state index in [0.717, 1.165) is 16.0 Å². The van der Waals surface area contributed by atoms with Crippen LogP contribution in [0.2, 0.25) is 0 Å². The molecule has 0 saturated carbocycles. The van der Waals surface area contributed by atoms with Crippen LogP contribution in [0.1, 0.15) is 10.4 Å². The third-order valence-electron chi connectivity index (χ3n) is 4.81. The molecule has 8 heteroatoms. The van der Waals surface area contributed by atoms with E-state index in [1.165, 1.54) is 0 Å². The van der Waals surface area contributed by atoms with Crippen molar-refractivity contribution in [2.75, 3.05) is 6.61 Å². The number of benzene rings is 2. The van der Waals surface area contributed by atoms with Gasteiger partial charge in [0.1, 0.15) is 11.5 Å². The number of aryl methyl sites for hydroxylation is 1. The van der Waals surface area contributed by atoms with E-state index in [2.05, 4.69) is 15.3 Å². The van der Waals surface area contributed by atoms with Crippen LogP contribution in [0.5, 0.6) is 11.5 Å². The van der Waals surface area contributed by atoms with Crippen molar-refractivity contribution >= 4 is 17.2 Å². The summed E-state index contributed by atoms with van der Waals surface area (Å²) in [5.41, 5.74) is 2.86. The number of aromatic nitrogens is 2. The Morgan fingerprint density at radius 2 is 1.91 bits per heavy atom. The normalized spacial score (nSPS) is 10.7. The zero-order valence-electron chi connectivity index (χ0n) is 17.3. The Balaban J connectivity index is 1.43. The van der Waals surface area contributed by atoms with Gasteiger partial charge in [-0.3, -0.25) is 4.79 Å². The van der Waals surface area contributed by atoms with E-state index in [-0.39, 0.29) is 18.3 Å². The highest BCUT2D eigenvalue weighted by Crippen LogP contribution is 2.26. The number of aromatic hydroxyl groups is 1. The highest BCUT2D eigenvalue weighted by atomic mass is 32.1. The lowest BCUT2D eigenvalue weighted by molar-refractivity contribution is -0.123. The van der Waals surface area contributed by atoms with Crippen molar-refractivity contribution < 1.29 is 14.6 Å². The second-order valence-electron chi connectivity index (χ2n) is 7.16. The molecule has 162 valence electrons. The van der Waals surface area contributed by atoms with Crippen LogP contribution in [-0.2, 0) is 11.3 Å². The average Bonchev–Trinajstić information content (AvgIpc) is 3.32. The van der Waals surface area contributed by atoms with Crippen molar-refractivity contribution in [2.45, 2.75) is 13.5 Å². The molecule has 3 N–H and O–H groups in total. The van der Waals surface area contributed by atoms with Crippen LogP contribution in [0, 0.1) is 6.92 Å². The summed E-state index contributed by atoms with van der Waals surface area (Å²) >= 11 is 1.58. The number of carbonyl (C=O) groups is 1. The fourth-order valence-electron chi connectivity index (χ4n) is 3.11. The third-order valence-corrected chi connectivity index (χ3v) is 5.69. The van der Waals surface area contributed by atoms with Crippen LogP contribution < -0.4 is 15.7 Å². The first-order valence-corrected chi connectivity index (χ1v) is 10.8. The largest absolute Gasteiger partial charge is 0.508 e. The first-order valence-electron chi connectivity index (χ1n) is 9.91. The summed E-state index contributed by atoms with van der Waals surface area (Å²) in [6.07, 6.45) is 0. The van der Waals surface area contributed by atoms with Gasteiger partial charge in [-0.05, 0) is 78.0 Å². The fourth-order valence-corrected chi connectivity index (χ4v) is 3.75. The smallest absolute Gasteiger partial charge is 0.345 e. The Morgan fingerprint density at radius 3 is 2.62 bits per heavy atom. The number of H-pyrrole nitrogens is 1. The Bertz CT molecular complexity index is 1280. The maximum atomic E-state index is 12.1. The van der Waals surface area contributed by atoms with Gasteiger partial charge in [0, 0.05) is 10.4 Å². The van der Waals surface area contributed by atoms with E-state index in [0.29, 0.717) is 29.2 Å². The molecule has 2 aromatic heterocycles. The summed E-state index contributed by atoms with van der Waals surface area (Å²) in [6, 6.07) is 17.8. The summed E-state index contributed by atoms with van der Waals surface area (Å²) in [5, 5.41) is 14.5. The van der Waals surface area contributed by atoms with Gasteiger partial charge in [-0.25, -0.2) is 4.79 Å². The number of nitrogens with zero attached hydrogens (tertiary/aromatic N) is 1. The number of thiophene rings is 1. The second-order valence-corrected chi connectivity index (χ2v) is 8.19. The molecule has 0 radical (unpaired) electrons. The molecule has 2 aromatic carbocycles. The molecule has 0 aliphatic heterocycles. The minimum atomic E-state index is -0.467. The van der Waals surface area contributed by atoms with Crippen molar-refractivity contribution in [1.82, 2.24) is 15.3 Å². The van der Waals surface area contributed by atoms with E-state index >= 15 is 0 Å². The van der Waals surface area contributed by atoms with Gasteiger partial charge in [-0.2, -0.15) is 4.98 Å². The molecule has 7 nitrogen and oxygen atoms in total. The lowest BCUT2D eigenvalue weighted by atomic mass is 10.1. The number of carbonyl (C=O) groups excluding carboxylic acids is 1. The van der Waals surface area contributed by atoms with E-state index in [9.17, 15) is 14.7 Å². The van der Waals surface area contributed by atoms with Gasteiger partial charge in [-0.15, -0.1) is 11.3 Å². The van der Waals surface area contributed by atoms with E-state index in [4.69, 9.17) is 4.74 Å².